The Kier molecular flexibility index (Phi) is 10.0. The molecule has 4 aromatic carbocycles. The Bertz CT molecular complexity index is 1710. The van der Waals surface area contributed by atoms with E-state index in [1.54, 1.807) is 30.3 Å². The zero-order chi connectivity index (χ0) is 27.6. The van der Waals surface area contributed by atoms with Crippen molar-refractivity contribution in [2.45, 2.75) is 18.2 Å². The summed E-state index contributed by atoms with van der Waals surface area (Å²) in [5.41, 5.74) is 0.317. The molecule has 0 atom stereocenters. The van der Waals surface area contributed by atoms with Gasteiger partial charge in [-0.2, -0.15) is 13.5 Å². The Labute approximate surface area is 256 Å². The third-order valence-electron chi connectivity index (χ3n) is 5.64. The zero-order valence-corrected chi connectivity index (χ0v) is 25.4. The van der Waals surface area contributed by atoms with Crippen LogP contribution in [0.4, 0.5) is 17.1 Å². The molecular formula is C26H20Cl2N3NaO6S. The summed E-state index contributed by atoms with van der Waals surface area (Å²) in [5, 5.41) is 25.1. The molecule has 0 aromatic heterocycles. The molecule has 4 rings (SSSR count). The maximum absolute atomic E-state index is 13.4. The number of anilines is 1. The second-order valence-corrected chi connectivity index (χ2v) is 10.3. The molecule has 196 valence electrons. The molecule has 0 heterocycles. The molecule has 9 nitrogen and oxygen atoms in total. The van der Waals surface area contributed by atoms with Crippen LogP contribution in [0.3, 0.4) is 0 Å². The monoisotopic (exact) mass is 595 g/mol. The van der Waals surface area contributed by atoms with Crippen molar-refractivity contribution in [2.24, 2.45) is 10.2 Å². The SMILES string of the molecule is CCc1cc(Cl)c(S(=O)(=O)O)c(N=Nc2c([O-])c(C(=O)Nc3ccc(Cl)c(OC)c3)cc3ccccc23)c1.[Na+]. The van der Waals surface area contributed by atoms with Gasteiger partial charge < -0.3 is 15.2 Å². The number of benzene rings is 4. The largest absolute Gasteiger partial charge is 1.00 e. The number of ether oxygens (including phenoxy) is 1. The van der Waals surface area contributed by atoms with Crippen LogP contribution in [0.25, 0.3) is 10.8 Å². The molecule has 39 heavy (non-hydrogen) atoms. The van der Waals surface area contributed by atoms with E-state index in [2.05, 4.69) is 15.5 Å². The van der Waals surface area contributed by atoms with Crippen LogP contribution in [0, 0.1) is 0 Å². The van der Waals surface area contributed by atoms with Gasteiger partial charge in [-0.15, -0.1) is 5.11 Å². The van der Waals surface area contributed by atoms with E-state index < -0.39 is 26.7 Å². The van der Waals surface area contributed by atoms with Gasteiger partial charge >= 0.3 is 29.6 Å². The second kappa shape index (κ2) is 12.6. The molecule has 0 spiro atoms. The molecule has 0 aliphatic carbocycles. The van der Waals surface area contributed by atoms with Crippen LogP contribution in [-0.4, -0.2) is 26.0 Å². The fraction of sp³-hybridized carbons (Fsp3) is 0.115. The van der Waals surface area contributed by atoms with Crippen molar-refractivity contribution in [1.29, 1.82) is 0 Å². The number of halogens is 2. The zero-order valence-electron chi connectivity index (χ0n) is 21.0. The van der Waals surface area contributed by atoms with Gasteiger partial charge in [0, 0.05) is 22.7 Å². The van der Waals surface area contributed by atoms with Gasteiger partial charge in [0.2, 0.25) is 0 Å². The van der Waals surface area contributed by atoms with E-state index in [4.69, 9.17) is 27.9 Å². The average molecular weight is 596 g/mol. The van der Waals surface area contributed by atoms with E-state index in [-0.39, 0.29) is 51.5 Å². The minimum Gasteiger partial charge on any atom is -0.870 e. The third kappa shape index (κ3) is 6.72. The van der Waals surface area contributed by atoms with Gasteiger partial charge in [-0.1, -0.05) is 60.1 Å². The van der Waals surface area contributed by atoms with Crippen LogP contribution in [0.2, 0.25) is 10.0 Å². The molecule has 0 saturated carbocycles. The smallest absolute Gasteiger partial charge is 0.870 e. The van der Waals surface area contributed by atoms with Gasteiger partial charge in [-0.25, -0.2) is 0 Å². The van der Waals surface area contributed by atoms with Gasteiger partial charge in [-0.05, 0) is 47.7 Å². The minimum atomic E-state index is -4.76. The summed E-state index contributed by atoms with van der Waals surface area (Å²) >= 11 is 12.2. The second-order valence-electron chi connectivity index (χ2n) is 8.08. The number of fused-ring (bicyclic) bond motifs is 1. The van der Waals surface area contributed by atoms with Crippen molar-refractivity contribution in [2.75, 3.05) is 12.4 Å². The quantitative estimate of drug-likeness (QED) is 0.189. The Balaban J connectivity index is 0.00000420. The molecule has 4 aromatic rings. The minimum absolute atomic E-state index is 0. The van der Waals surface area contributed by atoms with Gasteiger partial charge in [0.25, 0.3) is 16.0 Å². The van der Waals surface area contributed by atoms with Crippen molar-refractivity contribution in [3.05, 3.63) is 81.8 Å². The van der Waals surface area contributed by atoms with E-state index in [1.165, 1.54) is 37.4 Å². The molecule has 0 bridgehead atoms. The van der Waals surface area contributed by atoms with E-state index in [9.17, 15) is 22.9 Å². The van der Waals surface area contributed by atoms with Crippen LogP contribution in [0.1, 0.15) is 22.8 Å². The van der Waals surface area contributed by atoms with Gasteiger partial charge in [0.15, 0.2) is 0 Å². The average Bonchev–Trinajstić information content (AvgIpc) is 2.87. The molecule has 1 amide bonds. The van der Waals surface area contributed by atoms with Crippen LogP contribution in [0.15, 0.2) is 75.8 Å². The molecular weight excluding hydrogens is 576 g/mol. The van der Waals surface area contributed by atoms with E-state index in [1.807, 2.05) is 6.92 Å². The predicted molar refractivity (Wildman–Crippen MR) is 144 cm³/mol. The topological polar surface area (TPSA) is 140 Å². The fourth-order valence-corrected chi connectivity index (χ4v) is 5.18. The van der Waals surface area contributed by atoms with Crippen LogP contribution in [-0.2, 0) is 16.5 Å². The Morgan fingerprint density at radius 1 is 1.05 bits per heavy atom. The summed E-state index contributed by atoms with van der Waals surface area (Å²) in [4.78, 5) is 12.5. The third-order valence-corrected chi connectivity index (χ3v) is 7.30. The molecule has 0 unspecified atom stereocenters. The van der Waals surface area contributed by atoms with Crippen molar-refractivity contribution >= 4 is 67.1 Å². The van der Waals surface area contributed by atoms with E-state index in [0.29, 0.717) is 39.2 Å². The van der Waals surface area contributed by atoms with E-state index in [0.717, 1.165) is 0 Å². The number of nitrogens with one attached hydrogen (secondary N) is 1. The Morgan fingerprint density at radius 2 is 1.77 bits per heavy atom. The normalized spacial score (nSPS) is 11.4. The first-order valence-electron chi connectivity index (χ1n) is 11.1. The van der Waals surface area contributed by atoms with Gasteiger partial charge in [-0.3, -0.25) is 9.35 Å². The summed E-state index contributed by atoms with van der Waals surface area (Å²) in [6, 6.07) is 15.5. The standard InChI is InChI=1S/C26H21Cl2N3O6S.Na/c1-3-14-10-20(28)25(38(34,35)36)21(11-14)30-31-23-17-7-5-4-6-15(17)12-18(24(23)32)26(33)29-16-8-9-19(27)22(13-16)37-2;/h4-13,32H,3H2,1-2H3,(H,29,33)(H,34,35,36);/q;+1/p-1. The number of azo groups is 1. The maximum atomic E-state index is 13.4. The van der Waals surface area contributed by atoms with Crippen LogP contribution in [0.5, 0.6) is 11.5 Å². The number of carbonyl (C=O) groups is 1. The fourth-order valence-electron chi connectivity index (χ4n) is 3.78. The van der Waals surface area contributed by atoms with Crippen LogP contribution >= 0.6 is 23.2 Å². The number of hydrogen-bond donors (Lipinski definition) is 2. The predicted octanol–water partition coefficient (Wildman–Crippen LogP) is 3.71. The number of nitrogens with zero attached hydrogens (tertiary/aromatic N) is 2. The van der Waals surface area contributed by atoms with E-state index >= 15 is 0 Å². The summed E-state index contributed by atoms with van der Waals surface area (Å²) < 4.78 is 38.8. The van der Waals surface area contributed by atoms with Gasteiger partial charge in [0.1, 0.15) is 16.3 Å². The molecule has 0 saturated heterocycles. The van der Waals surface area contributed by atoms with Crippen molar-refractivity contribution in [3.8, 4) is 11.5 Å². The number of aryl methyl sites for hydroxylation is 1. The molecule has 13 heteroatoms. The summed E-state index contributed by atoms with van der Waals surface area (Å²) in [5.74, 6) is -1.12. The number of rotatable bonds is 7. The summed E-state index contributed by atoms with van der Waals surface area (Å²) in [7, 11) is -3.33. The van der Waals surface area contributed by atoms with Crippen molar-refractivity contribution < 1.29 is 57.2 Å². The molecule has 2 N–H and O–H groups in total. The molecule has 0 aliphatic heterocycles. The Hall–Kier alpha value is -2.70. The van der Waals surface area contributed by atoms with Gasteiger partial charge in [0.05, 0.1) is 22.8 Å². The Morgan fingerprint density at radius 3 is 2.44 bits per heavy atom. The molecule has 0 aliphatic rings. The summed E-state index contributed by atoms with van der Waals surface area (Å²) in [6.45, 7) is 1.82. The first kappa shape index (κ1) is 30.8. The first-order chi connectivity index (χ1) is 18.0. The number of carbonyl (C=O) groups excluding carboxylic acids is 1. The van der Waals surface area contributed by atoms with Crippen molar-refractivity contribution in [3.63, 3.8) is 0 Å². The number of methoxy groups -OCH3 is 1. The molecule has 0 fully saturated rings. The summed E-state index contributed by atoms with van der Waals surface area (Å²) in [6.07, 6.45) is 0.495. The number of amides is 1. The van der Waals surface area contributed by atoms with Crippen LogP contribution < -0.4 is 44.7 Å². The van der Waals surface area contributed by atoms with Crippen molar-refractivity contribution in [1.82, 2.24) is 0 Å². The number of hydrogen-bond acceptors (Lipinski definition) is 7. The maximum Gasteiger partial charge on any atom is 1.00 e. The molecule has 0 radical (unpaired) electrons. The first-order valence-corrected chi connectivity index (χ1v) is 13.3.